The van der Waals surface area contributed by atoms with Crippen LogP contribution in [0.4, 0.5) is 0 Å². The lowest BCUT2D eigenvalue weighted by Gasteiger charge is -2.26. The number of benzene rings is 1. The Bertz CT molecular complexity index is 454. The van der Waals surface area contributed by atoms with Gasteiger partial charge in [0.15, 0.2) is 6.61 Å². The topological polar surface area (TPSA) is 64.3 Å². The minimum atomic E-state index is -0.137. The Hall–Kier alpha value is -0.970. The molecule has 20 heavy (non-hydrogen) atoms. The molecule has 1 saturated carbocycles. The molecule has 0 heterocycles. The van der Waals surface area contributed by atoms with Gasteiger partial charge in [0.05, 0.1) is 0 Å². The Kier molecular flexibility index (Phi) is 5.52. The van der Waals surface area contributed by atoms with E-state index in [1.807, 2.05) is 0 Å². The molecule has 1 fully saturated rings. The Morgan fingerprint density at radius 1 is 1.20 bits per heavy atom. The van der Waals surface area contributed by atoms with Gasteiger partial charge in [-0.15, -0.1) is 0 Å². The fraction of sp³-hybridized carbons (Fsp3) is 0.500. The minimum absolute atomic E-state index is 0.0424. The standard InChI is InChI=1S/C14H18Cl2N2O2/c15-9-5-10(16)7-13(6-9)20-8-14(19)18-12-3-1-11(17)2-4-12/h5-7,11-12H,1-4,8,17H2,(H,18,19). The average Bonchev–Trinajstić information content (AvgIpc) is 2.38. The highest BCUT2D eigenvalue weighted by Gasteiger charge is 2.20. The van der Waals surface area contributed by atoms with Gasteiger partial charge in [0, 0.05) is 22.1 Å². The third-order valence-electron chi connectivity index (χ3n) is 3.34. The van der Waals surface area contributed by atoms with E-state index in [9.17, 15) is 4.79 Å². The van der Waals surface area contributed by atoms with E-state index >= 15 is 0 Å². The molecule has 3 N–H and O–H groups in total. The molecule has 0 atom stereocenters. The summed E-state index contributed by atoms with van der Waals surface area (Å²) >= 11 is 11.7. The molecule has 110 valence electrons. The van der Waals surface area contributed by atoms with Crippen LogP contribution in [0.15, 0.2) is 18.2 Å². The van der Waals surface area contributed by atoms with Gasteiger partial charge in [-0.05, 0) is 43.9 Å². The van der Waals surface area contributed by atoms with Crippen LogP contribution in [0.2, 0.25) is 10.0 Å². The van der Waals surface area contributed by atoms with E-state index in [2.05, 4.69) is 5.32 Å². The van der Waals surface area contributed by atoms with Crippen molar-refractivity contribution in [1.29, 1.82) is 0 Å². The van der Waals surface area contributed by atoms with E-state index in [4.69, 9.17) is 33.7 Å². The maximum absolute atomic E-state index is 11.8. The van der Waals surface area contributed by atoms with Crippen LogP contribution in [0.5, 0.6) is 5.75 Å². The molecule has 0 aromatic heterocycles. The van der Waals surface area contributed by atoms with Gasteiger partial charge >= 0.3 is 0 Å². The van der Waals surface area contributed by atoms with Crippen LogP contribution in [0.1, 0.15) is 25.7 Å². The predicted molar refractivity (Wildman–Crippen MR) is 80.3 cm³/mol. The molecule has 1 amide bonds. The van der Waals surface area contributed by atoms with Crippen molar-refractivity contribution in [3.8, 4) is 5.75 Å². The van der Waals surface area contributed by atoms with Crippen LogP contribution in [0, 0.1) is 0 Å². The maximum atomic E-state index is 11.8. The quantitative estimate of drug-likeness (QED) is 0.897. The number of amides is 1. The zero-order valence-corrected chi connectivity index (χ0v) is 12.6. The van der Waals surface area contributed by atoms with Crippen molar-refractivity contribution in [3.63, 3.8) is 0 Å². The summed E-state index contributed by atoms with van der Waals surface area (Å²) in [6.07, 6.45) is 3.76. The molecular weight excluding hydrogens is 299 g/mol. The largest absolute Gasteiger partial charge is 0.484 e. The SMILES string of the molecule is NC1CCC(NC(=O)COc2cc(Cl)cc(Cl)c2)CC1. The second-order valence-electron chi connectivity index (χ2n) is 5.07. The number of carbonyl (C=O) groups is 1. The van der Waals surface area contributed by atoms with Crippen molar-refractivity contribution >= 4 is 29.1 Å². The summed E-state index contributed by atoms with van der Waals surface area (Å²) in [6.45, 7) is -0.0424. The molecule has 6 heteroatoms. The molecule has 4 nitrogen and oxygen atoms in total. The Balaban J connectivity index is 1.77. The lowest BCUT2D eigenvalue weighted by atomic mass is 9.92. The van der Waals surface area contributed by atoms with Gasteiger partial charge in [0.25, 0.3) is 5.91 Å². The highest BCUT2D eigenvalue weighted by Crippen LogP contribution is 2.24. The van der Waals surface area contributed by atoms with Crippen molar-refractivity contribution < 1.29 is 9.53 Å². The molecule has 0 bridgehead atoms. The zero-order chi connectivity index (χ0) is 14.5. The van der Waals surface area contributed by atoms with Gasteiger partial charge in [-0.2, -0.15) is 0 Å². The zero-order valence-electron chi connectivity index (χ0n) is 11.1. The third kappa shape index (κ3) is 4.85. The van der Waals surface area contributed by atoms with Gasteiger partial charge in [0.2, 0.25) is 0 Å². The van der Waals surface area contributed by atoms with Crippen LogP contribution in [-0.2, 0) is 4.79 Å². The summed E-state index contributed by atoms with van der Waals surface area (Å²) in [5, 5.41) is 3.91. The van der Waals surface area contributed by atoms with Crippen LogP contribution in [0.3, 0.4) is 0 Å². The molecule has 1 aliphatic carbocycles. The normalized spacial score (nSPS) is 22.4. The van der Waals surface area contributed by atoms with Gasteiger partial charge in [-0.1, -0.05) is 23.2 Å². The smallest absolute Gasteiger partial charge is 0.258 e. The Morgan fingerprint density at radius 3 is 2.40 bits per heavy atom. The van der Waals surface area contributed by atoms with Crippen molar-refractivity contribution in [1.82, 2.24) is 5.32 Å². The molecule has 2 rings (SSSR count). The van der Waals surface area contributed by atoms with E-state index in [1.165, 1.54) is 0 Å². The number of halogens is 2. The first-order valence-corrected chi connectivity index (χ1v) is 7.42. The van der Waals surface area contributed by atoms with E-state index in [0.29, 0.717) is 15.8 Å². The monoisotopic (exact) mass is 316 g/mol. The fourth-order valence-electron chi connectivity index (χ4n) is 2.29. The van der Waals surface area contributed by atoms with Crippen molar-refractivity contribution in [2.45, 2.75) is 37.8 Å². The molecule has 1 aromatic carbocycles. The fourth-order valence-corrected chi connectivity index (χ4v) is 2.80. The predicted octanol–water partition coefficient (Wildman–Crippen LogP) is 2.76. The van der Waals surface area contributed by atoms with Crippen molar-refractivity contribution in [2.75, 3.05) is 6.61 Å². The lowest BCUT2D eigenvalue weighted by Crippen LogP contribution is -2.42. The first kappa shape index (κ1) is 15.4. The van der Waals surface area contributed by atoms with Crippen LogP contribution in [-0.4, -0.2) is 24.6 Å². The summed E-state index contributed by atoms with van der Waals surface area (Å²) in [5.41, 5.74) is 5.83. The van der Waals surface area contributed by atoms with Crippen LogP contribution < -0.4 is 15.8 Å². The van der Waals surface area contributed by atoms with Gasteiger partial charge in [0.1, 0.15) is 5.75 Å². The lowest BCUT2D eigenvalue weighted by molar-refractivity contribution is -0.124. The van der Waals surface area contributed by atoms with Crippen LogP contribution >= 0.6 is 23.2 Å². The van der Waals surface area contributed by atoms with E-state index in [-0.39, 0.29) is 24.6 Å². The van der Waals surface area contributed by atoms with Gasteiger partial charge in [-0.25, -0.2) is 0 Å². The van der Waals surface area contributed by atoms with Crippen molar-refractivity contribution in [3.05, 3.63) is 28.2 Å². The Labute approximate surface area is 128 Å². The van der Waals surface area contributed by atoms with Gasteiger partial charge in [-0.3, -0.25) is 4.79 Å². The summed E-state index contributed by atoms with van der Waals surface area (Å²) < 4.78 is 5.39. The average molecular weight is 317 g/mol. The minimum Gasteiger partial charge on any atom is -0.484 e. The highest BCUT2D eigenvalue weighted by molar-refractivity contribution is 6.34. The summed E-state index contributed by atoms with van der Waals surface area (Å²) in [7, 11) is 0. The molecule has 0 aliphatic heterocycles. The molecular formula is C14H18Cl2N2O2. The van der Waals surface area contributed by atoms with Crippen molar-refractivity contribution in [2.24, 2.45) is 5.73 Å². The molecule has 0 unspecified atom stereocenters. The molecule has 0 spiro atoms. The second-order valence-corrected chi connectivity index (χ2v) is 5.95. The molecule has 0 radical (unpaired) electrons. The number of hydrogen-bond donors (Lipinski definition) is 2. The first-order chi connectivity index (χ1) is 9.52. The number of nitrogens with two attached hydrogens (primary N) is 1. The summed E-state index contributed by atoms with van der Waals surface area (Å²) in [5.74, 6) is 0.352. The van der Waals surface area contributed by atoms with E-state index < -0.39 is 0 Å². The second kappa shape index (κ2) is 7.16. The number of carbonyl (C=O) groups excluding carboxylic acids is 1. The third-order valence-corrected chi connectivity index (χ3v) is 3.78. The summed E-state index contributed by atoms with van der Waals surface area (Å²) in [4.78, 5) is 11.8. The first-order valence-electron chi connectivity index (χ1n) is 6.67. The van der Waals surface area contributed by atoms with E-state index in [0.717, 1.165) is 25.7 Å². The number of hydrogen-bond acceptors (Lipinski definition) is 3. The van der Waals surface area contributed by atoms with E-state index in [1.54, 1.807) is 18.2 Å². The number of rotatable bonds is 4. The molecule has 0 saturated heterocycles. The number of ether oxygens (including phenoxy) is 1. The molecule has 1 aliphatic rings. The Morgan fingerprint density at radius 2 is 1.80 bits per heavy atom. The highest BCUT2D eigenvalue weighted by atomic mass is 35.5. The summed E-state index contributed by atoms with van der Waals surface area (Å²) in [6, 6.07) is 5.34. The van der Waals surface area contributed by atoms with Crippen LogP contribution in [0.25, 0.3) is 0 Å². The number of nitrogens with one attached hydrogen (secondary N) is 1. The van der Waals surface area contributed by atoms with Gasteiger partial charge < -0.3 is 15.8 Å². The molecule has 1 aromatic rings. The maximum Gasteiger partial charge on any atom is 0.258 e.